The topological polar surface area (TPSA) is 96.5 Å². The van der Waals surface area contributed by atoms with E-state index in [0.29, 0.717) is 49.0 Å². The summed E-state index contributed by atoms with van der Waals surface area (Å²) in [7, 11) is -1.72. The smallest absolute Gasteiger partial charge is 0.242 e. The van der Waals surface area contributed by atoms with Crippen molar-refractivity contribution in [2.24, 2.45) is 0 Å². The molecule has 0 amide bonds. The summed E-state index contributed by atoms with van der Waals surface area (Å²) in [6, 6.07) is 3.47. The number of nitrogens with zero attached hydrogens (tertiary/aromatic N) is 4. The lowest BCUT2D eigenvalue weighted by atomic mass is 10.1. The fraction of sp³-hybridized carbons (Fsp3) is 0.407. The number of fused-ring (bicyclic) bond motifs is 1. The van der Waals surface area contributed by atoms with Crippen LogP contribution >= 0.6 is 11.6 Å². The Hall–Kier alpha value is -2.98. The zero-order chi connectivity index (χ0) is 28.4. The highest BCUT2D eigenvalue weighted by Crippen LogP contribution is 2.35. The van der Waals surface area contributed by atoms with Crippen molar-refractivity contribution in [1.29, 1.82) is 0 Å². The van der Waals surface area contributed by atoms with Crippen molar-refractivity contribution < 1.29 is 13.0 Å². The van der Waals surface area contributed by atoms with Crippen LogP contribution in [-0.2, 0) is 17.4 Å². The van der Waals surface area contributed by atoms with Crippen LogP contribution in [0.1, 0.15) is 63.2 Å². The van der Waals surface area contributed by atoms with E-state index in [1.54, 1.807) is 44.6 Å². The third kappa shape index (κ3) is 7.77. The van der Waals surface area contributed by atoms with Crippen LogP contribution in [-0.4, -0.2) is 35.6 Å². The molecule has 0 spiro atoms. The molecule has 0 saturated carbocycles. The Labute approximate surface area is 230 Å². The first-order valence-electron chi connectivity index (χ1n) is 12.5. The number of nitrogens with one attached hydrogen (secondary N) is 2. The van der Waals surface area contributed by atoms with Crippen molar-refractivity contribution in [2.75, 3.05) is 4.72 Å². The van der Waals surface area contributed by atoms with Crippen molar-refractivity contribution in [3.05, 3.63) is 58.4 Å². The molecule has 0 aliphatic heterocycles. The number of aryl methyl sites for hydroxylation is 3. The summed E-state index contributed by atoms with van der Waals surface area (Å²) in [5.41, 5.74) is 3.89. The van der Waals surface area contributed by atoms with Gasteiger partial charge >= 0.3 is 0 Å². The minimum absolute atomic E-state index is 0.101. The maximum absolute atomic E-state index is 13.1. The molecular formula is C27H35ClF2N6OS. The van der Waals surface area contributed by atoms with Gasteiger partial charge in [0, 0.05) is 46.7 Å². The van der Waals surface area contributed by atoms with Crippen LogP contribution in [0.5, 0.6) is 0 Å². The molecule has 4 aromatic rings. The number of unbranched alkanes of at least 4 members (excludes halogenated alkanes) is 1. The number of hydrogen-bond donors (Lipinski definition) is 2. The molecule has 38 heavy (non-hydrogen) atoms. The van der Waals surface area contributed by atoms with Gasteiger partial charge in [-0.25, -0.2) is 27.9 Å². The lowest BCUT2D eigenvalue weighted by Gasteiger charge is -2.11. The Morgan fingerprint density at radius 1 is 1.03 bits per heavy atom. The maximum Gasteiger partial charge on any atom is 0.242 e. The molecule has 3 heterocycles. The van der Waals surface area contributed by atoms with Crippen molar-refractivity contribution in [2.45, 2.75) is 79.0 Å². The fourth-order valence-electron chi connectivity index (χ4n) is 3.51. The van der Waals surface area contributed by atoms with Gasteiger partial charge < -0.3 is 4.98 Å². The first-order chi connectivity index (χ1) is 18.2. The third-order valence-electron chi connectivity index (χ3n) is 5.44. The van der Waals surface area contributed by atoms with Gasteiger partial charge in [0.05, 0.1) is 33.0 Å². The maximum atomic E-state index is 13.1. The molecule has 3 aromatic heterocycles. The quantitative estimate of drug-likeness (QED) is 0.239. The fourth-order valence-corrected chi connectivity index (χ4v) is 4.67. The Morgan fingerprint density at radius 3 is 2.21 bits per heavy atom. The van der Waals surface area contributed by atoms with Crippen LogP contribution in [0.3, 0.4) is 0 Å². The molecule has 4 rings (SSSR count). The molecule has 0 aliphatic rings. The zero-order valence-electron chi connectivity index (χ0n) is 22.8. The second kappa shape index (κ2) is 14.8. The average Bonchev–Trinajstić information content (AvgIpc) is 3.31. The standard InChI is InChI=1S/C21H19ClF2N6OS.C4H10.C2H6/c1-10-7-25-8-16(27-10)19-15(22)5-4-13-17(9-26-20(13)19)32(31)30-21-28-11(2)14(6-18(23)24)12(3)29-21;1-3-4-2;1-2/h4-5,7-9,18,26H,6H2,1-3H3,(H,28,29,30);3-4H2,1-2H3;1-2H3. The number of anilines is 1. The number of halogens is 3. The van der Waals surface area contributed by atoms with Gasteiger partial charge in [-0.2, -0.15) is 0 Å². The van der Waals surface area contributed by atoms with Gasteiger partial charge in [0.25, 0.3) is 0 Å². The summed E-state index contributed by atoms with van der Waals surface area (Å²) in [5.74, 6) is 0.101. The molecule has 0 bridgehead atoms. The third-order valence-corrected chi connectivity index (χ3v) is 6.86. The largest absolute Gasteiger partial charge is 0.359 e. The van der Waals surface area contributed by atoms with E-state index in [1.165, 1.54) is 12.8 Å². The van der Waals surface area contributed by atoms with Crippen LogP contribution in [0.15, 0.2) is 35.6 Å². The number of benzene rings is 1. The summed E-state index contributed by atoms with van der Waals surface area (Å²) < 4.78 is 41.4. The SMILES string of the molecule is CC.CCCC.Cc1cncc(-c2c(Cl)ccc3c(S(=O)Nc4nc(C)c(CC(F)F)c(C)n4)c[nH]c23)n1. The summed E-state index contributed by atoms with van der Waals surface area (Å²) in [6.07, 6.45) is 4.60. The molecule has 0 radical (unpaired) electrons. The highest BCUT2D eigenvalue weighted by molar-refractivity contribution is 7.86. The predicted molar refractivity (Wildman–Crippen MR) is 152 cm³/mol. The molecule has 0 saturated heterocycles. The molecular weight excluding hydrogens is 530 g/mol. The first-order valence-corrected chi connectivity index (χ1v) is 14.1. The van der Waals surface area contributed by atoms with Gasteiger partial charge in [-0.15, -0.1) is 0 Å². The van der Waals surface area contributed by atoms with Crippen molar-refractivity contribution in [3.8, 4) is 11.3 Å². The number of aromatic amines is 1. The van der Waals surface area contributed by atoms with Crippen LogP contribution in [0, 0.1) is 20.8 Å². The van der Waals surface area contributed by atoms with E-state index < -0.39 is 23.8 Å². The number of rotatable bonds is 7. The normalized spacial score (nSPS) is 11.4. The Morgan fingerprint density at radius 2 is 1.66 bits per heavy atom. The molecule has 206 valence electrons. The van der Waals surface area contributed by atoms with E-state index in [1.807, 2.05) is 20.8 Å². The molecule has 0 aliphatic carbocycles. The molecule has 7 nitrogen and oxygen atoms in total. The lowest BCUT2D eigenvalue weighted by Crippen LogP contribution is -2.12. The monoisotopic (exact) mass is 564 g/mol. The number of H-pyrrole nitrogens is 1. The summed E-state index contributed by atoms with van der Waals surface area (Å²) in [6.45, 7) is 13.5. The Kier molecular flexibility index (Phi) is 12.2. The number of hydrogen-bond acceptors (Lipinski definition) is 5. The van der Waals surface area contributed by atoms with Crippen molar-refractivity contribution in [3.63, 3.8) is 0 Å². The van der Waals surface area contributed by atoms with Gasteiger partial charge in [0.1, 0.15) is 0 Å². The summed E-state index contributed by atoms with van der Waals surface area (Å²) in [4.78, 5) is 20.7. The van der Waals surface area contributed by atoms with Gasteiger partial charge in [-0.05, 0) is 26.8 Å². The van der Waals surface area contributed by atoms with Gasteiger partial charge in [0.2, 0.25) is 12.4 Å². The first kappa shape index (κ1) is 31.2. The zero-order valence-corrected chi connectivity index (χ0v) is 24.4. The van der Waals surface area contributed by atoms with E-state index in [4.69, 9.17) is 11.6 Å². The van der Waals surface area contributed by atoms with E-state index in [0.717, 1.165) is 5.69 Å². The summed E-state index contributed by atoms with van der Waals surface area (Å²) >= 11 is 6.44. The minimum atomic E-state index is -2.49. The van der Waals surface area contributed by atoms with Gasteiger partial charge in [0.15, 0.2) is 11.0 Å². The molecule has 2 N–H and O–H groups in total. The van der Waals surface area contributed by atoms with Gasteiger partial charge in [-0.3, -0.25) is 9.71 Å². The van der Waals surface area contributed by atoms with Crippen LogP contribution in [0.4, 0.5) is 14.7 Å². The predicted octanol–water partition coefficient (Wildman–Crippen LogP) is 7.77. The minimum Gasteiger partial charge on any atom is -0.359 e. The van der Waals surface area contributed by atoms with Crippen LogP contribution in [0.2, 0.25) is 5.02 Å². The van der Waals surface area contributed by atoms with E-state index in [9.17, 15) is 13.0 Å². The van der Waals surface area contributed by atoms with E-state index in [2.05, 4.69) is 43.5 Å². The van der Waals surface area contributed by atoms with Crippen LogP contribution < -0.4 is 4.72 Å². The Balaban J connectivity index is 0.000000773. The average molecular weight is 565 g/mol. The molecule has 1 aromatic carbocycles. The molecule has 11 heteroatoms. The van der Waals surface area contributed by atoms with E-state index in [-0.39, 0.29) is 5.95 Å². The number of aromatic nitrogens is 5. The van der Waals surface area contributed by atoms with Crippen molar-refractivity contribution in [1.82, 2.24) is 24.9 Å². The molecule has 0 fully saturated rings. The highest BCUT2D eigenvalue weighted by Gasteiger charge is 2.19. The second-order valence-corrected chi connectivity index (χ2v) is 9.79. The molecule has 1 unspecified atom stereocenters. The van der Waals surface area contributed by atoms with Gasteiger partial charge in [-0.1, -0.05) is 58.2 Å². The van der Waals surface area contributed by atoms with E-state index >= 15 is 0 Å². The molecule has 1 atom stereocenters. The van der Waals surface area contributed by atoms with Crippen molar-refractivity contribution >= 4 is 39.4 Å². The highest BCUT2D eigenvalue weighted by atomic mass is 35.5. The lowest BCUT2D eigenvalue weighted by molar-refractivity contribution is 0.148. The second-order valence-electron chi connectivity index (χ2n) is 8.21. The Bertz CT molecular complexity index is 1350. The number of alkyl halides is 2. The van der Waals surface area contributed by atoms with Crippen LogP contribution in [0.25, 0.3) is 22.2 Å². The summed E-state index contributed by atoms with van der Waals surface area (Å²) in [5, 5.41) is 1.16.